The summed E-state index contributed by atoms with van der Waals surface area (Å²) in [6.45, 7) is 1.90. The predicted octanol–water partition coefficient (Wildman–Crippen LogP) is 1.15. The molecule has 8 heteroatoms. The van der Waals surface area contributed by atoms with E-state index in [0.717, 1.165) is 18.5 Å². The maximum atomic E-state index is 7.59. The topological polar surface area (TPSA) is 106 Å². The van der Waals surface area contributed by atoms with Crippen molar-refractivity contribution in [3.05, 3.63) is 23.4 Å². The van der Waals surface area contributed by atoms with Crippen molar-refractivity contribution in [3.8, 4) is 0 Å². The minimum Gasteiger partial charge on any atom is -0.384 e. The lowest BCUT2D eigenvalue weighted by Gasteiger charge is -2.07. The molecule has 3 rings (SSSR count). The largest absolute Gasteiger partial charge is 0.384 e. The summed E-state index contributed by atoms with van der Waals surface area (Å²) < 4.78 is 1.82. The number of nitrogen functional groups attached to an aromatic ring is 1. The highest BCUT2D eigenvalue weighted by Crippen LogP contribution is 2.38. The van der Waals surface area contributed by atoms with Crippen LogP contribution in [0.5, 0.6) is 0 Å². The Labute approximate surface area is 114 Å². The van der Waals surface area contributed by atoms with E-state index < -0.39 is 0 Å². The highest BCUT2D eigenvalue weighted by molar-refractivity contribution is 7.99. The Kier molecular flexibility index (Phi) is 2.94. The molecule has 1 aliphatic carbocycles. The fourth-order valence-corrected chi connectivity index (χ4v) is 2.71. The van der Waals surface area contributed by atoms with Gasteiger partial charge in [0.2, 0.25) is 5.16 Å². The van der Waals surface area contributed by atoms with Gasteiger partial charge in [0.15, 0.2) is 0 Å². The minimum atomic E-state index is 0.000413. The first-order chi connectivity index (χ1) is 9.15. The highest BCUT2D eigenvalue weighted by atomic mass is 32.2. The SMILES string of the molecule is Cc1ccc(C(=N)N)c(Sc2nnnn2C2CC2)n1. The minimum absolute atomic E-state index is 0.000413. The predicted molar refractivity (Wildman–Crippen MR) is 70.2 cm³/mol. The lowest BCUT2D eigenvalue weighted by Crippen LogP contribution is -2.13. The second-order valence-corrected chi connectivity index (χ2v) is 5.41. The van der Waals surface area contributed by atoms with Crippen LogP contribution in [-0.2, 0) is 0 Å². The van der Waals surface area contributed by atoms with Crippen LogP contribution in [0.15, 0.2) is 22.3 Å². The summed E-state index contributed by atoms with van der Waals surface area (Å²) in [4.78, 5) is 4.42. The second-order valence-electron chi connectivity index (χ2n) is 4.46. The summed E-state index contributed by atoms with van der Waals surface area (Å²) in [6.07, 6.45) is 2.22. The molecule has 3 N–H and O–H groups in total. The molecule has 2 aromatic heterocycles. The molecule has 0 saturated heterocycles. The van der Waals surface area contributed by atoms with Gasteiger partial charge in [0.1, 0.15) is 10.9 Å². The van der Waals surface area contributed by atoms with Crippen LogP contribution >= 0.6 is 11.8 Å². The number of aromatic nitrogens is 5. The standard InChI is InChI=1S/C11H13N7S/c1-6-2-5-8(9(12)13)10(14-6)19-11-15-16-17-18(11)7-3-4-7/h2,5,7H,3-4H2,1H3,(H3,12,13). The molecule has 2 aromatic rings. The molecule has 1 aliphatic rings. The van der Waals surface area contributed by atoms with E-state index in [1.807, 2.05) is 17.7 Å². The Bertz CT molecular complexity index is 632. The molecule has 0 amide bonds. The number of nitrogens with one attached hydrogen (secondary N) is 1. The maximum absolute atomic E-state index is 7.59. The number of aryl methyl sites for hydroxylation is 1. The first-order valence-corrected chi connectivity index (χ1v) is 6.74. The summed E-state index contributed by atoms with van der Waals surface area (Å²) in [5.74, 6) is 0.000413. The van der Waals surface area contributed by atoms with Crippen LogP contribution in [0.25, 0.3) is 0 Å². The number of hydrogen-bond acceptors (Lipinski definition) is 6. The summed E-state index contributed by atoms with van der Waals surface area (Å²) in [5.41, 5.74) is 7.06. The molecule has 0 bridgehead atoms. The average Bonchev–Trinajstić information content (AvgIpc) is 3.10. The van der Waals surface area contributed by atoms with Crippen molar-refractivity contribution in [1.29, 1.82) is 5.41 Å². The van der Waals surface area contributed by atoms with Gasteiger partial charge in [-0.1, -0.05) is 0 Å². The molecule has 0 spiro atoms. The van der Waals surface area contributed by atoms with E-state index in [0.29, 0.717) is 21.8 Å². The van der Waals surface area contributed by atoms with Crippen molar-refractivity contribution in [1.82, 2.24) is 25.2 Å². The molecule has 0 atom stereocenters. The van der Waals surface area contributed by atoms with Crippen LogP contribution in [0.3, 0.4) is 0 Å². The van der Waals surface area contributed by atoms with Gasteiger partial charge < -0.3 is 5.73 Å². The maximum Gasteiger partial charge on any atom is 0.215 e. The third-order valence-electron chi connectivity index (χ3n) is 2.83. The van der Waals surface area contributed by atoms with Crippen LogP contribution in [0.1, 0.15) is 30.1 Å². The molecule has 1 fully saturated rings. The van der Waals surface area contributed by atoms with E-state index in [2.05, 4.69) is 20.5 Å². The third-order valence-corrected chi connectivity index (χ3v) is 3.79. The van der Waals surface area contributed by atoms with Crippen molar-refractivity contribution in [2.45, 2.75) is 36.0 Å². The van der Waals surface area contributed by atoms with Gasteiger partial charge in [-0.2, -0.15) is 0 Å². The number of rotatable bonds is 4. The monoisotopic (exact) mass is 275 g/mol. The fraction of sp³-hybridized carbons (Fsp3) is 0.364. The first kappa shape index (κ1) is 12.1. The van der Waals surface area contributed by atoms with Crippen LogP contribution in [0.4, 0.5) is 0 Å². The van der Waals surface area contributed by atoms with Crippen LogP contribution < -0.4 is 5.73 Å². The quantitative estimate of drug-likeness (QED) is 0.640. The van der Waals surface area contributed by atoms with E-state index in [1.165, 1.54) is 11.8 Å². The summed E-state index contributed by atoms with van der Waals surface area (Å²) >= 11 is 1.35. The number of pyridine rings is 1. The number of amidine groups is 1. The Hall–Kier alpha value is -1.96. The van der Waals surface area contributed by atoms with Gasteiger partial charge in [0.25, 0.3) is 0 Å². The van der Waals surface area contributed by atoms with Gasteiger partial charge in [-0.3, -0.25) is 5.41 Å². The second kappa shape index (κ2) is 4.61. The molecule has 1 saturated carbocycles. The zero-order valence-corrected chi connectivity index (χ0v) is 11.2. The smallest absolute Gasteiger partial charge is 0.215 e. The van der Waals surface area contributed by atoms with Crippen molar-refractivity contribution in [3.63, 3.8) is 0 Å². The molecule has 0 aromatic carbocycles. The van der Waals surface area contributed by atoms with Gasteiger partial charge in [0, 0.05) is 11.3 Å². The van der Waals surface area contributed by atoms with Crippen molar-refractivity contribution in [2.75, 3.05) is 0 Å². The molecular weight excluding hydrogens is 262 g/mol. The van der Waals surface area contributed by atoms with Crippen molar-refractivity contribution < 1.29 is 0 Å². The highest BCUT2D eigenvalue weighted by Gasteiger charge is 2.28. The van der Waals surface area contributed by atoms with E-state index in [9.17, 15) is 0 Å². The Balaban J connectivity index is 1.95. The normalized spacial score (nSPS) is 14.6. The van der Waals surface area contributed by atoms with E-state index in [1.54, 1.807) is 6.07 Å². The lowest BCUT2D eigenvalue weighted by atomic mass is 10.2. The molecular formula is C11H13N7S. The summed E-state index contributed by atoms with van der Waals surface area (Å²) in [6, 6.07) is 4.05. The van der Waals surface area contributed by atoms with E-state index in [-0.39, 0.29) is 5.84 Å². The third kappa shape index (κ3) is 2.43. The number of hydrogen-bond donors (Lipinski definition) is 2. The van der Waals surface area contributed by atoms with E-state index in [4.69, 9.17) is 11.1 Å². The van der Waals surface area contributed by atoms with Gasteiger partial charge in [-0.05, 0) is 54.1 Å². The van der Waals surface area contributed by atoms with Gasteiger partial charge >= 0.3 is 0 Å². The number of tetrazole rings is 1. The zero-order chi connectivity index (χ0) is 13.4. The molecule has 0 unspecified atom stereocenters. The number of nitrogens with zero attached hydrogens (tertiary/aromatic N) is 5. The lowest BCUT2D eigenvalue weighted by molar-refractivity contribution is 0.565. The van der Waals surface area contributed by atoms with Gasteiger partial charge in [-0.25, -0.2) is 9.67 Å². The number of nitrogens with two attached hydrogens (primary N) is 1. The summed E-state index contributed by atoms with van der Waals surface area (Å²) in [5, 5.41) is 20.7. The van der Waals surface area contributed by atoms with Crippen LogP contribution in [0.2, 0.25) is 0 Å². The van der Waals surface area contributed by atoms with Crippen LogP contribution in [0, 0.1) is 12.3 Å². The molecule has 0 radical (unpaired) electrons. The van der Waals surface area contributed by atoms with Gasteiger partial charge in [0.05, 0.1) is 6.04 Å². The fourth-order valence-electron chi connectivity index (χ4n) is 1.70. The Morgan fingerprint density at radius 3 is 2.95 bits per heavy atom. The first-order valence-electron chi connectivity index (χ1n) is 5.93. The molecule has 7 nitrogen and oxygen atoms in total. The molecule has 0 aliphatic heterocycles. The van der Waals surface area contributed by atoms with E-state index >= 15 is 0 Å². The Morgan fingerprint density at radius 2 is 2.26 bits per heavy atom. The summed E-state index contributed by atoms with van der Waals surface area (Å²) in [7, 11) is 0. The molecule has 2 heterocycles. The Morgan fingerprint density at radius 1 is 1.47 bits per heavy atom. The average molecular weight is 275 g/mol. The van der Waals surface area contributed by atoms with Crippen molar-refractivity contribution in [2.24, 2.45) is 5.73 Å². The zero-order valence-electron chi connectivity index (χ0n) is 10.4. The molecule has 19 heavy (non-hydrogen) atoms. The van der Waals surface area contributed by atoms with Gasteiger partial charge in [-0.15, -0.1) is 5.10 Å². The van der Waals surface area contributed by atoms with Crippen molar-refractivity contribution >= 4 is 17.6 Å². The van der Waals surface area contributed by atoms with Crippen LogP contribution in [-0.4, -0.2) is 31.0 Å². The molecule has 98 valence electrons.